The number of benzene rings is 2. The molecule has 1 fully saturated rings. The van der Waals surface area contributed by atoms with Crippen LogP contribution in [0, 0.1) is 5.41 Å². The normalized spacial score (nSPS) is 24.0. The molecule has 6 atom stereocenters. The minimum Gasteiger partial charge on any atom is -0.464 e. The van der Waals surface area contributed by atoms with E-state index >= 15 is 0 Å². The molecule has 1 unspecified atom stereocenters. The van der Waals surface area contributed by atoms with Gasteiger partial charge in [0.15, 0.2) is 6.23 Å². The lowest BCUT2D eigenvalue weighted by atomic mass is 9.92. The van der Waals surface area contributed by atoms with Gasteiger partial charge < -0.3 is 24.2 Å². The Hall–Kier alpha value is -3.58. The van der Waals surface area contributed by atoms with E-state index in [1.54, 1.807) is 24.3 Å². The topological polar surface area (TPSA) is 178 Å². The molecule has 0 saturated carbocycles. The summed E-state index contributed by atoms with van der Waals surface area (Å²) in [5.74, 6) is -0.433. The fourth-order valence-corrected chi connectivity index (χ4v) is 6.17. The van der Waals surface area contributed by atoms with Crippen LogP contribution in [0.4, 0.5) is 0 Å². The van der Waals surface area contributed by atoms with Crippen molar-refractivity contribution >= 4 is 24.5 Å². The molecule has 0 amide bonds. The van der Waals surface area contributed by atoms with E-state index in [0.29, 0.717) is 5.39 Å². The summed E-state index contributed by atoms with van der Waals surface area (Å²) < 4.78 is 38.1. The summed E-state index contributed by atoms with van der Waals surface area (Å²) in [6.45, 7) is 10.6. The van der Waals surface area contributed by atoms with Gasteiger partial charge >= 0.3 is 19.4 Å². The fraction of sp³-hybridized carbons (Fsp3) is 0.433. The first-order valence-electron chi connectivity index (χ1n) is 14.0. The molecule has 1 aliphatic rings. The highest BCUT2D eigenvalue weighted by atomic mass is 31.2. The van der Waals surface area contributed by atoms with E-state index in [1.807, 2.05) is 39.0 Å². The van der Waals surface area contributed by atoms with Gasteiger partial charge in [-0.3, -0.25) is 23.7 Å². The summed E-state index contributed by atoms with van der Waals surface area (Å²) >= 11 is 0. The van der Waals surface area contributed by atoms with E-state index < -0.39 is 55.0 Å². The number of H-pyrrole nitrogens is 1. The van der Waals surface area contributed by atoms with Crippen LogP contribution < -0.4 is 20.9 Å². The second kappa shape index (κ2) is 13.2. The zero-order valence-corrected chi connectivity index (χ0v) is 25.9. The maximum atomic E-state index is 14.2. The van der Waals surface area contributed by atoms with Crippen molar-refractivity contribution in [1.29, 1.82) is 0 Å². The monoisotopic (exact) mass is 631 g/mol. The maximum Gasteiger partial charge on any atom is 0.459 e. The van der Waals surface area contributed by atoms with Crippen molar-refractivity contribution < 1.29 is 38.1 Å². The van der Waals surface area contributed by atoms with Crippen LogP contribution in [0.2, 0.25) is 0 Å². The van der Waals surface area contributed by atoms with Gasteiger partial charge in [-0.2, -0.15) is 5.09 Å². The zero-order valence-electron chi connectivity index (χ0n) is 25.0. The molecule has 238 valence electrons. The molecular weight excluding hydrogens is 593 g/mol. The number of rotatable bonds is 12. The van der Waals surface area contributed by atoms with Gasteiger partial charge in [0.05, 0.1) is 13.2 Å². The fourth-order valence-electron chi connectivity index (χ4n) is 4.66. The van der Waals surface area contributed by atoms with Crippen LogP contribution in [0.5, 0.6) is 5.75 Å². The van der Waals surface area contributed by atoms with Crippen LogP contribution in [0.3, 0.4) is 0 Å². The minimum atomic E-state index is -4.32. The summed E-state index contributed by atoms with van der Waals surface area (Å²) in [5, 5.41) is 25.8. The van der Waals surface area contributed by atoms with Crippen molar-refractivity contribution in [3.63, 3.8) is 0 Å². The molecule has 13 nitrogen and oxygen atoms in total. The molecule has 0 aliphatic carbocycles. The maximum absolute atomic E-state index is 14.2. The van der Waals surface area contributed by atoms with Crippen molar-refractivity contribution in [3.8, 4) is 5.75 Å². The smallest absolute Gasteiger partial charge is 0.459 e. The Balaban J connectivity index is 1.56. The van der Waals surface area contributed by atoms with E-state index in [1.165, 1.54) is 13.0 Å². The van der Waals surface area contributed by atoms with Gasteiger partial charge in [0.2, 0.25) is 0 Å². The number of esters is 1. The largest absolute Gasteiger partial charge is 0.464 e. The number of fused-ring (bicyclic) bond motifs is 1. The summed E-state index contributed by atoms with van der Waals surface area (Å²) in [5.41, 5.74) is -3.44. The SMILES string of the molecule is C=C[C@]1(CCOP(=O)(N[C@@H](C)C(=O)OCC(C)(C)C)Oc2cccc3ccccc23)O[C@@H](n2ccc(=O)[nH]c2=O)[C@H](O)[C@@H]1O. The second-order valence-corrected chi connectivity index (χ2v) is 13.5. The molecule has 0 bridgehead atoms. The molecule has 44 heavy (non-hydrogen) atoms. The number of carbonyl (C=O) groups excluding carboxylic acids is 1. The molecule has 0 spiro atoms. The molecule has 2 heterocycles. The van der Waals surface area contributed by atoms with Crippen molar-refractivity contribution in [2.45, 2.75) is 64.2 Å². The summed E-state index contributed by atoms with van der Waals surface area (Å²) in [4.78, 5) is 38.7. The van der Waals surface area contributed by atoms with Crippen molar-refractivity contribution in [2.24, 2.45) is 5.41 Å². The number of aromatic nitrogens is 2. The van der Waals surface area contributed by atoms with E-state index in [0.717, 1.165) is 22.2 Å². The average Bonchev–Trinajstić information content (AvgIpc) is 3.21. The van der Waals surface area contributed by atoms with Gasteiger partial charge in [0.25, 0.3) is 5.56 Å². The second-order valence-electron chi connectivity index (χ2n) is 11.8. The van der Waals surface area contributed by atoms with E-state index in [4.69, 9.17) is 18.5 Å². The van der Waals surface area contributed by atoms with Crippen LogP contribution in [0.1, 0.15) is 40.3 Å². The first-order valence-corrected chi connectivity index (χ1v) is 15.6. The Morgan fingerprint density at radius 3 is 2.59 bits per heavy atom. The van der Waals surface area contributed by atoms with Gasteiger partial charge in [0.1, 0.15) is 29.6 Å². The summed E-state index contributed by atoms with van der Waals surface area (Å²) in [6.07, 6.45) is -2.36. The number of ether oxygens (including phenoxy) is 2. The number of aromatic amines is 1. The first-order chi connectivity index (χ1) is 20.7. The Bertz CT molecular complexity index is 1660. The third-order valence-electron chi connectivity index (χ3n) is 7.00. The lowest BCUT2D eigenvalue weighted by molar-refractivity contribution is -0.148. The number of nitrogens with one attached hydrogen (secondary N) is 2. The number of carbonyl (C=O) groups is 1. The van der Waals surface area contributed by atoms with Crippen LogP contribution in [0.25, 0.3) is 10.8 Å². The molecule has 0 radical (unpaired) electrons. The number of aliphatic hydroxyl groups is 2. The van der Waals surface area contributed by atoms with Crippen LogP contribution in [0.15, 0.2) is 77.0 Å². The van der Waals surface area contributed by atoms with Gasteiger partial charge in [0, 0.05) is 24.1 Å². The highest BCUT2D eigenvalue weighted by Crippen LogP contribution is 2.48. The molecule has 2 aromatic carbocycles. The predicted molar refractivity (Wildman–Crippen MR) is 162 cm³/mol. The van der Waals surface area contributed by atoms with Crippen LogP contribution in [-0.2, 0) is 23.4 Å². The van der Waals surface area contributed by atoms with E-state index in [-0.39, 0.29) is 30.8 Å². The van der Waals surface area contributed by atoms with Gasteiger partial charge in [-0.1, -0.05) is 63.2 Å². The van der Waals surface area contributed by atoms with Gasteiger partial charge in [-0.05, 0) is 23.8 Å². The molecular formula is C30H38N3O10P. The number of hydrogen-bond acceptors (Lipinski definition) is 10. The Labute approximate surface area is 254 Å². The Morgan fingerprint density at radius 2 is 1.91 bits per heavy atom. The Kier molecular flexibility index (Phi) is 9.99. The third kappa shape index (κ3) is 7.55. The van der Waals surface area contributed by atoms with Crippen LogP contribution in [-0.4, -0.2) is 62.8 Å². The Morgan fingerprint density at radius 1 is 1.20 bits per heavy atom. The molecule has 1 aliphatic heterocycles. The molecule has 14 heteroatoms. The number of hydrogen-bond donors (Lipinski definition) is 4. The third-order valence-corrected chi connectivity index (χ3v) is 8.67. The zero-order chi connectivity index (χ0) is 32.3. The van der Waals surface area contributed by atoms with E-state index in [2.05, 4.69) is 16.7 Å². The van der Waals surface area contributed by atoms with Crippen molar-refractivity contribution in [3.05, 3.63) is 88.2 Å². The quantitative estimate of drug-likeness (QED) is 0.131. The minimum absolute atomic E-state index is 0.131. The molecule has 1 saturated heterocycles. The van der Waals surface area contributed by atoms with Crippen molar-refractivity contribution in [2.75, 3.05) is 13.2 Å². The first kappa shape index (κ1) is 33.3. The lowest BCUT2D eigenvalue weighted by Crippen LogP contribution is -2.42. The highest BCUT2D eigenvalue weighted by Gasteiger charge is 2.53. The predicted octanol–water partition coefficient (Wildman–Crippen LogP) is 3.03. The summed E-state index contributed by atoms with van der Waals surface area (Å²) in [6, 6.07) is 12.4. The highest BCUT2D eigenvalue weighted by molar-refractivity contribution is 7.52. The molecule has 4 N–H and O–H groups in total. The standard InChI is InChI=1S/C30H38N3O10P/c1-6-30(25(36)24(35)26(42-30)33-16-14-23(34)31-28(33)38)15-17-41-44(39,32-19(2)27(37)40-18-29(3,4)5)43-22-13-9-11-20-10-7-8-12-21(20)22/h6-14,16,19,24-26,35-36H,1,15,17-18H2,2-5H3,(H,32,39)(H,31,34,38)/t19-,24+,25-,26+,30+,44?/m0/s1. The lowest BCUT2D eigenvalue weighted by Gasteiger charge is -2.30. The molecule has 1 aromatic heterocycles. The van der Waals surface area contributed by atoms with Gasteiger partial charge in [-0.15, -0.1) is 6.58 Å². The number of nitrogens with zero attached hydrogens (tertiary/aromatic N) is 1. The summed E-state index contributed by atoms with van der Waals surface area (Å²) in [7, 11) is -4.32. The van der Waals surface area contributed by atoms with Gasteiger partial charge in [-0.25, -0.2) is 9.36 Å². The molecule has 4 rings (SSSR count). The number of aliphatic hydroxyl groups excluding tert-OH is 2. The average molecular weight is 632 g/mol. The molecule has 3 aromatic rings. The van der Waals surface area contributed by atoms with E-state index in [9.17, 15) is 29.2 Å². The van der Waals surface area contributed by atoms with Crippen molar-refractivity contribution in [1.82, 2.24) is 14.6 Å². The van der Waals surface area contributed by atoms with Crippen LogP contribution >= 0.6 is 7.75 Å².